The number of unbranched alkanes of at least 4 members (excludes halogenated alkanes) is 2. The van der Waals surface area contributed by atoms with Crippen LogP contribution in [0.5, 0.6) is 0 Å². The normalized spacial score (nSPS) is 14.3. The molecule has 1 aliphatic heterocycles. The largest absolute Gasteiger partial charge is 0.381 e. The number of hydrogen-bond acceptors (Lipinski definition) is 6. The number of pyridine rings is 1. The van der Waals surface area contributed by atoms with Crippen LogP contribution in [0.1, 0.15) is 94.1 Å². The number of benzene rings is 1. The molecule has 0 aliphatic carbocycles. The fourth-order valence-corrected chi connectivity index (χ4v) is 5.43. The van der Waals surface area contributed by atoms with Crippen molar-refractivity contribution in [3.63, 3.8) is 0 Å². The smallest absolute Gasteiger partial charge is 0.220 e. The van der Waals surface area contributed by atoms with Crippen molar-refractivity contribution in [2.45, 2.75) is 84.7 Å². The van der Waals surface area contributed by atoms with Gasteiger partial charge in [0.2, 0.25) is 5.91 Å². The number of Topliss-reactive ketones (excluding diaryl/α,β-unsaturated/α-hetero) is 1. The van der Waals surface area contributed by atoms with Gasteiger partial charge in [0, 0.05) is 61.7 Å². The van der Waals surface area contributed by atoms with Crippen LogP contribution < -0.4 is 5.32 Å². The molecule has 3 heterocycles. The van der Waals surface area contributed by atoms with E-state index in [0.717, 1.165) is 68.0 Å². The molecule has 0 bridgehead atoms. The Hall–Kier alpha value is -3.10. The van der Waals surface area contributed by atoms with Crippen molar-refractivity contribution in [1.82, 2.24) is 25.0 Å². The summed E-state index contributed by atoms with van der Waals surface area (Å²) in [5.74, 6) is 0.642. The average Bonchev–Trinajstić information content (AvgIpc) is 3.42. The van der Waals surface area contributed by atoms with E-state index in [1.54, 1.807) is 6.20 Å². The van der Waals surface area contributed by atoms with Crippen LogP contribution in [0.15, 0.2) is 36.5 Å². The van der Waals surface area contributed by atoms with E-state index in [2.05, 4.69) is 67.4 Å². The number of nitrogens with zero attached hydrogens (tertiary/aromatic N) is 4. The lowest BCUT2D eigenvalue weighted by molar-refractivity contribution is -0.121. The van der Waals surface area contributed by atoms with Gasteiger partial charge < -0.3 is 15.0 Å². The molecule has 222 valence electrons. The number of ketones is 1. The maximum atomic E-state index is 13.5. The lowest BCUT2D eigenvalue weighted by Crippen LogP contribution is -2.31. The van der Waals surface area contributed by atoms with Gasteiger partial charge in [-0.05, 0) is 83.2 Å². The lowest BCUT2D eigenvalue weighted by atomic mass is 9.99. The molecule has 1 N–H and O–H groups in total. The number of fused-ring (bicyclic) bond motifs is 1. The summed E-state index contributed by atoms with van der Waals surface area (Å²) in [5.41, 5.74) is 4.40. The minimum atomic E-state index is 0.0657. The number of hydrogen-bond donors (Lipinski definition) is 1. The highest BCUT2D eigenvalue weighted by Crippen LogP contribution is 2.28. The van der Waals surface area contributed by atoms with Gasteiger partial charge in [0.25, 0.3) is 0 Å². The summed E-state index contributed by atoms with van der Waals surface area (Å²) >= 11 is 0. The van der Waals surface area contributed by atoms with E-state index in [1.807, 2.05) is 10.7 Å². The summed E-state index contributed by atoms with van der Waals surface area (Å²) < 4.78 is 7.28. The molecule has 0 saturated carbocycles. The molecular formula is C33H47N5O3. The Morgan fingerprint density at radius 3 is 2.66 bits per heavy atom. The summed E-state index contributed by atoms with van der Waals surface area (Å²) in [6.07, 6.45) is 8.32. The summed E-state index contributed by atoms with van der Waals surface area (Å²) in [5, 5.41) is 8.42. The van der Waals surface area contributed by atoms with Crippen LogP contribution >= 0.6 is 0 Å². The lowest BCUT2D eigenvalue weighted by Gasteiger charge is -2.22. The molecule has 8 heteroatoms. The van der Waals surface area contributed by atoms with Gasteiger partial charge >= 0.3 is 0 Å². The number of ether oxygens (including phenoxy) is 1. The topological polar surface area (TPSA) is 89.4 Å². The molecule has 1 saturated heterocycles. The second kappa shape index (κ2) is 15.2. The second-order valence-corrected chi connectivity index (χ2v) is 11.8. The molecule has 0 unspecified atom stereocenters. The zero-order valence-electron chi connectivity index (χ0n) is 25.3. The Bertz CT molecular complexity index is 1300. The van der Waals surface area contributed by atoms with E-state index in [4.69, 9.17) is 9.72 Å². The van der Waals surface area contributed by atoms with Gasteiger partial charge in [-0.15, -0.1) is 0 Å². The number of rotatable bonds is 15. The Morgan fingerprint density at radius 2 is 1.90 bits per heavy atom. The van der Waals surface area contributed by atoms with Gasteiger partial charge in [0.1, 0.15) is 0 Å². The quantitative estimate of drug-likeness (QED) is 0.176. The van der Waals surface area contributed by atoms with Crippen LogP contribution in [0.3, 0.4) is 0 Å². The zero-order chi connectivity index (χ0) is 29.2. The van der Waals surface area contributed by atoms with E-state index in [9.17, 15) is 9.59 Å². The van der Waals surface area contributed by atoms with Crippen LogP contribution in [0.4, 0.5) is 0 Å². The number of aromatic nitrogens is 3. The molecule has 1 amide bonds. The predicted molar refractivity (Wildman–Crippen MR) is 164 cm³/mol. The van der Waals surface area contributed by atoms with Crippen LogP contribution in [0.25, 0.3) is 22.3 Å². The van der Waals surface area contributed by atoms with Crippen molar-refractivity contribution in [1.29, 1.82) is 0 Å². The SMILES string of the molecule is CCCCN(C)Cc1cccc(-c2cc(C(=O)CCCCC(=O)NCC3CCOCC3)c3cnn(C(C)C)c3n2)c1. The van der Waals surface area contributed by atoms with Crippen LogP contribution in [0, 0.1) is 5.92 Å². The summed E-state index contributed by atoms with van der Waals surface area (Å²) in [6, 6.07) is 10.5. The molecule has 0 spiro atoms. The number of carbonyl (C=O) groups is 2. The van der Waals surface area contributed by atoms with Crippen molar-refractivity contribution in [2.75, 3.05) is 33.4 Å². The Kier molecular flexibility index (Phi) is 11.5. The molecule has 41 heavy (non-hydrogen) atoms. The fraction of sp³-hybridized carbons (Fsp3) is 0.576. The Balaban J connectivity index is 1.44. The molecule has 1 aromatic carbocycles. The molecule has 3 aromatic rings. The highest BCUT2D eigenvalue weighted by molar-refractivity contribution is 6.07. The maximum absolute atomic E-state index is 13.5. The molecule has 8 nitrogen and oxygen atoms in total. The Morgan fingerprint density at radius 1 is 1.12 bits per heavy atom. The number of amides is 1. The van der Waals surface area contributed by atoms with Crippen LogP contribution in [0.2, 0.25) is 0 Å². The van der Waals surface area contributed by atoms with Crippen LogP contribution in [-0.4, -0.2) is 64.7 Å². The van der Waals surface area contributed by atoms with E-state index in [0.29, 0.717) is 37.2 Å². The summed E-state index contributed by atoms with van der Waals surface area (Å²) in [7, 11) is 2.15. The molecule has 2 aromatic heterocycles. The van der Waals surface area contributed by atoms with E-state index in [1.165, 1.54) is 18.4 Å². The molecule has 0 atom stereocenters. The number of nitrogens with one attached hydrogen (secondary N) is 1. The van der Waals surface area contributed by atoms with Gasteiger partial charge in [-0.25, -0.2) is 9.67 Å². The third-order valence-corrected chi connectivity index (χ3v) is 7.91. The third-order valence-electron chi connectivity index (χ3n) is 7.91. The van der Waals surface area contributed by atoms with Crippen molar-refractivity contribution >= 4 is 22.7 Å². The molecule has 0 radical (unpaired) electrons. The van der Waals surface area contributed by atoms with Crippen molar-refractivity contribution in [2.24, 2.45) is 5.92 Å². The van der Waals surface area contributed by atoms with Gasteiger partial charge in [-0.3, -0.25) is 9.59 Å². The second-order valence-electron chi connectivity index (χ2n) is 11.8. The van der Waals surface area contributed by atoms with E-state index in [-0.39, 0.29) is 17.7 Å². The van der Waals surface area contributed by atoms with E-state index < -0.39 is 0 Å². The Labute approximate surface area is 244 Å². The van der Waals surface area contributed by atoms with Gasteiger partial charge in [-0.2, -0.15) is 5.10 Å². The zero-order valence-corrected chi connectivity index (χ0v) is 25.3. The summed E-state index contributed by atoms with van der Waals surface area (Å²) in [4.78, 5) is 33.2. The third kappa shape index (κ3) is 8.69. The van der Waals surface area contributed by atoms with Crippen molar-refractivity contribution in [3.05, 3.63) is 47.7 Å². The number of carbonyl (C=O) groups excluding carboxylic acids is 2. The molecule has 4 rings (SSSR count). The van der Waals surface area contributed by atoms with Crippen molar-refractivity contribution < 1.29 is 14.3 Å². The monoisotopic (exact) mass is 561 g/mol. The average molecular weight is 562 g/mol. The van der Waals surface area contributed by atoms with Gasteiger partial charge in [0.15, 0.2) is 11.4 Å². The first kappa shape index (κ1) is 30.8. The molecular weight excluding hydrogens is 514 g/mol. The standard InChI is InChI=1S/C33H47N5O3/c1-5-6-16-37(4)23-26-10-9-11-27(19-26)30-20-28(29-22-35-38(24(2)3)33(29)36-30)31(39)12-7-8-13-32(40)34-21-25-14-17-41-18-15-25/h9-11,19-20,22,24-25H,5-8,12-18,21,23H2,1-4H3,(H,34,40). The first-order valence-corrected chi connectivity index (χ1v) is 15.4. The summed E-state index contributed by atoms with van der Waals surface area (Å²) in [6.45, 7) is 10.6. The first-order valence-electron chi connectivity index (χ1n) is 15.4. The van der Waals surface area contributed by atoms with Gasteiger partial charge in [-0.1, -0.05) is 31.5 Å². The predicted octanol–water partition coefficient (Wildman–Crippen LogP) is 6.20. The minimum Gasteiger partial charge on any atom is -0.381 e. The maximum Gasteiger partial charge on any atom is 0.220 e. The molecule has 1 fully saturated rings. The highest BCUT2D eigenvalue weighted by atomic mass is 16.5. The minimum absolute atomic E-state index is 0.0657. The van der Waals surface area contributed by atoms with Crippen LogP contribution in [-0.2, 0) is 16.1 Å². The highest BCUT2D eigenvalue weighted by Gasteiger charge is 2.19. The van der Waals surface area contributed by atoms with Gasteiger partial charge in [0.05, 0.1) is 11.9 Å². The molecule has 1 aliphatic rings. The van der Waals surface area contributed by atoms with E-state index >= 15 is 0 Å². The first-order chi connectivity index (χ1) is 19.9. The fourth-order valence-electron chi connectivity index (χ4n) is 5.43. The van der Waals surface area contributed by atoms with Crippen molar-refractivity contribution in [3.8, 4) is 11.3 Å².